The van der Waals surface area contributed by atoms with Crippen molar-refractivity contribution in [3.8, 4) is 0 Å². The van der Waals surface area contributed by atoms with Crippen LogP contribution >= 0.6 is 0 Å². The number of benzene rings is 1. The van der Waals surface area contributed by atoms with E-state index in [9.17, 15) is 9.18 Å². The second-order valence-electron chi connectivity index (χ2n) is 2.44. The van der Waals surface area contributed by atoms with Crippen LogP contribution in [0.1, 0.15) is 0 Å². The van der Waals surface area contributed by atoms with E-state index in [1.165, 1.54) is 19.2 Å². The van der Waals surface area contributed by atoms with E-state index < -0.39 is 11.8 Å². The van der Waals surface area contributed by atoms with Gasteiger partial charge in [-0.3, -0.25) is 0 Å². The lowest BCUT2D eigenvalue weighted by Crippen LogP contribution is -2.24. The van der Waals surface area contributed by atoms with Crippen molar-refractivity contribution < 1.29 is 9.18 Å². The number of anilines is 2. The molecule has 0 atom stereocenters. The largest absolute Gasteiger partial charge is 0.397 e. The molecule has 0 aromatic heterocycles. The fourth-order valence-electron chi connectivity index (χ4n) is 0.822. The van der Waals surface area contributed by atoms with Crippen LogP contribution in [-0.4, -0.2) is 13.1 Å². The van der Waals surface area contributed by atoms with E-state index in [1.54, 1.807) is 0 Å². The normalized spacial score (nSPS) is 9.38. The lowest BCUT2D eigenvalue weighted by molar-refractivity contribution is 0.254. The summed E-state index contributed by atoms with van der Waals surface area (Å²) in [4.78, 5) is 10.8. The molecular weight excluding hydrogens is 173 g/mol. The molecule has 0 saturated heterocycles. The van der Waals surface area contributed by atoms with Crippen molar-refractivity contribution in [2.45, 2.75) is 0 Å². The summed E-state index contributed by atoms with van der Waals surface area (Å²) in [5.41, 5.74) is 6.07. The number of rotatable bonds is 1. The summed E-state index contributed by atoms with van der Waals surface area (Å²) in [6.45, 7) is 0. The molecule has 0 saturated carbocycles. The summed E-state index contributed by atoms with van der Waals surface area (Å²) < 4.78 is 12.7. The summed E-state index contributed by atoms with van der Waals surface area (Å²) in [5.74, 6) is -0.444. The smallest absolute Gasteiger partial charge is 0.319 e. The highest BCUT2D eigenvalue weighted by Crippen LogP contribution is 2.18. The average molecular weight is 183 g/mol. The molecule has 13 heavy (non-hydrogen) atoms. The second kappa shape index (κ2) is 3.75. The number of urea groups is 1. The van der Waals surface area contributed by atoms with E-state index in [2.05, 4.69) is 10.6 Å². The lowest BCUT2D eigenvalue weighted by atomic mass is 10.2. The highest BCUT2D eigenvalue weighted by Gasteiger charge is 2.03. The van der Waals surface area contributed by atoms with Gasteiger partial charge in [0.25, 0.3) is 0 Å². The Morgan fingerprint density at radius 3 is 2.85 bits per heavy atom. The molecule has 0 aliphatic heterocycles. The molecule has 0 bridgehead atoms. The Balaban J connectivity index is 2.87. The van der Waals surface area contributed by atoms with Crippen LogP contribution in [-0.2, 0) is 0 Å². The quantitative estimate of drug-likeness (QED) is 0.572. The van der Waals surface area contributed by atoms with Crippen LogP contribution in [0.4, 0.5) is 20.6 Å². The topological polar surface area (TPSA) is 67.2 Å². The molecule has 1 aromatic rings. The fourth-order valence-corrected chi connectivity index (χ4v) is 0.822. The minimum absolute atomic E-state index is 0.263. The Morgan fingerprint density at radius 2 is 2.23 bits per heavy atom. The van der Waals surface area contributed by atoms with E-state index in [4.69, 9.17) is 5.73 Å². The van der Waals surface area contributed by atoms with E-state index in [1.807, 2.05) is 0 Å². The summed E-state index contributed by atoms with van der Waals surface area (Å²) in [5, 5.41) is 4.72. The molecule has 2 amide bonds. The van der Waals surface area contributed by atoms with Crippen molar-refractivity contribution >= 4 is 17.4 Å². The van der Waals surface area contributed by atoms with Gasteiger partial charge in [0, 0.05) is 7.05 Å². The van der Waals surface area contributed by atoms with Gasteiger partial charge in [-0.05, 0) is 18.2 Å². The highest BCUT2D eigenvalue weighted by molar-refractivity contribution is 5.92. The second-order valence-corrected chi connectivity index (χ2v) is 2.44. The van der Waals surface area contributed by atoms with Gasteiger partial charge in [-0.2, -0.15) is 0 Å². The van der Waals surface area contributed by atoms with Gasteiger partial charge in [-0.1, -0.05) is 0 Å². The third kappa shape index (κ3) is 2.33. The van der Waals surface area contributed by atoms with Crippen LogP contribution in [0.5, 0.6) is 0 Å². The molecule has 4 N–H and O–H groups in total. The van der Waals surface area contributed by atoms with Crippen molar-refractivity contribution in [2.24, 2.45) is 0 Å². The number of hydrogen-bond donors (Lipinski definition) is 3. The number of nitrogens with one attached hydrogen (secondary N) is 2. The van der Waals surface area contributed by atoms with Crippen LogP contribution in [0.15, 0.2) is 18.2 Å². The van der Waals surface area contributed by atoms with E-state index in [-0.39, 0.29) is 5.69 Å². The monoisotopic (exact) mass is 183 g/mol. The molecule has 0 fully saturated rings. The lowest BCUT2D eigenvalue weighted by Gasteiger charge is -2.06. The first-order valence-electron chi connectivity index (χ1n) is 3.67. The predicted molar refractivity (Wildman–Crippen MR) is 48.9 cm³/mol. The Labute approximate surface area is 74.9 Å². The minimum Gasteiger partial charge on any atom is -0.397 e. The van der Waals surface area contributed by atoms with Gasteiger partial charge < -0.3 is 16.4 Å². The molecule has 0 radical (unpaired) electrons. The first-order chi connectivity index (χ1) is 6.13. The van der Waals surface area contributed by atoms with Crippen LogP contribution in [0.3, 0.4) is 0 Å². The Morgan fingerprint density at radius 1 is 1.54 bits per heavy atom. The Kier molecular flexibility index (Phi) is 2.69. The number of amides is 2. The number of carbonyl (C=O) groups excluding carboxylic acids is 1. The number of halogens is 1. The molecule has 0 aliphatic rings. The molecular formula is C8H10FN3O. The molecule has 1 aromatic carbocycles. The van der Waals surface area contributed by atoms with E-state index in [0.29, 0.717) is 5.69 Å². The third-order valence-electron chi connectivity index (χ3n) is 1.49. The first-order valence-corrected chi connectivity index (χ1v) is 3.67. The van der Waals surface area contributed by atoms with Gasteiger partial charge in [-0.25, -0.2) is 9.18 Å². The van der Waals surface area contributed by atoms with Gasteiger partial charge in [0.1, 0.15) is 5.82 Å². The maximum Gasteiger partial charge on any atom is 0.319 e. The summed E-state index contributed by atoms with van der Waals surface area (Å²) in [6.07, 6.45) is 0. The van der Waals surface area contributed by atoms with E-state index in [0.717, 1.165) is 6.07 Å². The first kappa shape index (κ1) is 9.31. The summed E-state index contributed by atoms with van der Waals surface area (Å²) >= 11 is 0. The van der Waals surface area contributed by atoms with Crippen LogP contribution in [0.2, 0.25) is 0 Å². The van der Waals surface area contributed by atoms with Gasteiger partial charge >= 0.3 is 6.03 Å². The maximum atomic E-state index is 12.7. The van der Waals surface area contributed by atoms with Crippen molar-refractivity contribution in [3.05, 3.63) is 24.0 Å². The molecule has 1 rings (SSSR count). The minimum atomic E-state index is -0.444. The third-order valence-corrected chi connectivity index (χ3v) is 1.49. The predicted octanol–water partition coefficient (Wildman–Crippen LogP) is 1.16. The number of nitrogen functional groups attached to an aromatic ring is 1. The van der Waals surface area contributed by atoms with Gasteiger partial charge in [-0.15, -0.1) is 0 Å². The summed E-state index contributed by atoms with van der Waals surface area (Å²) in [7, 11) is 1.46. The number of nitrogens with two attached hydrogens (primary N) is 1. The van der Waals surface area contributed by atoms with Crippen LogP contribution < -0.4 is 16.4 Å². The van der Waals surface area contributed by atoms with Crippen molar-refractivity contribution in [1.29, 1.82) is 0 Å². The fraction of sp³-hybridized carbons (Fsp3) is 0.125. The van der Waals surface area contributed by atoms with Crippen LogP contribution in [0.25, 0.3) is 0 Å². The molecule has 0 aliphatic carbocycles. The zero-order valence-corrected chi connectivity index (χ0v) is 7.10. The molecule has 5 heteroatoms. The molecule has 70 valence electrons. The highest BCUT2D eigenvalue weighted by atomic mass is 19.1. The van der Waals surface area contributed by atoms with Crippen molar-refractivity contribution in [3.63, 3.8) is 0 Å². The zero-order valence-electron chi connectivity index (χ0n) is 7.10. The molecule has 4 nitrogen and oxygen atoms in total. The summed E-state index contributed by atoms with van der Waals surface area (Å²) in [6, 6.07) is 3.34. The standard InChI is InChI=1S/C8H10FN3O/c1-11-8(13)12-7-4-5(9)2-3-6(7)10/h2-4H,10H2,1H3,(H2,11,12,13). The van der Waals surface area contributed by atoms with Crippen molar-refractivity contribution in [1.82, 2.24) is 5.32 Å². The molecule has 0 spiro atoms. The SMILES string of the molecule is CNC(=O)Nc1cc(F)ccc1N. The molecule has 0 unspecified atom stereocenters. The van der Waals surface area contributed by atoms with Crippen molar-refractivity contribution in [2.75, 3.05) is 18.1 Å². The number of hydrogen-bond acceptors (Lipinski definition) is 2. The molecule has 0 heterocycles. The van der Waals surface area contributed by atoms with E-state index >= 15 is 0 Å². The zero-order chi connectivity index (χ0) is 9.84. The van der Waals surface area contributed by atoms with Crippen LogP contribution in [0, 0.1) is 5.82 Å². The maximum absolute atomic E-state index is 12.7. The van der Waals surface area contributed by atoms with Gasteiger partial charge in [0.2, 0.25) is 0 Å². The average Bonchev–Trinajstić information content (AvgIpc) is 2.11. The number of carbonyl (C=O) groups is 1. The Bertz CT molecular complexity index is 327. The Hall–Kier alpha value is -1.78. The van der Waals surface area contributed by atoms with Gasteiger partial charge in [0.15, 0.2) is 0 Å². The van der Waals surface area contributed by atoms with Gasteiger partial charge in [0.05, 0.1) is 11.4 Å².